The SMILES string of the molecule is CC1(C)S[C@@H]2[C@H](NC(=O)[C@H](N)c3ccc(O)cc3)C(=O)N2[C@H]1C(=O)O.O=[N+]([O-])O. The van der Waals surface area contributed by atoms with Gasteiger partial charge in [0.1, 0.15) is 29.2 Å². The minimum atomic E-state index is -1.50. The molecule has 13 heteroatoms. The van der Waals surface area contributed by atoms with E-state index in [4.69, 9.17) is 21.1 Å². The molecule has 0 spiro atoms. The third-order valence-corrected chi connectivity index (χ3v) is 6.08. The number of nitrogens with two attached hydrogens (primary N) is 1. The Morgan fingerprint density at radius 2 is 1.86 bits per heavy atom. The van der Waals surface area contributed by atoms with Crippen molar-refractivity contribution in [1.29, 1.82) is 0 Å². The van der Waals surface area contributed by atoms with Crippen LogP contribution in [0.25, 0.3) is 0 Å². The van der Waals surface area contributed by atoms with Crippen molar-refractivity contribution in [3.05, 3.63) is 39.9 Å². The molecule has 1 aromatic carbocycles. The van der Waals surface area contributed by atoms with E-state index in [2.05, 4.69) is 5.32 Å². The summed E-state index contributed by atoms with van der Waals surface area (Å²) in [5, 5.41) is 34.5. The van der Waals surface area contributed by atoms with Crippen LogP contribution in [-0.2, 0) is 14.4 Å². The summed E-state index contributed by atoms with van der Waals surface area (Å²) < 4.78 is -0.648. The maximum absolute atomic E-state index is 12.3. The molecule has 2 amide bonds. The molecule has 0 bridgehead atoms. The summed E-state index contributed by atoms with van der Waals surface area (Å²) in [4.78, 5) is 45.8. The van der Waals surface area contributed by atoms with Gasteiger partial charge in [0.05, 0.1) is 0 Å². The smallest absolute Gasteiger partial charge is 0.327 e. The minimum absolute atomic E-state index is 0.0606. The minimum Gasteiger partial charge on any atom is -0.508 e. The van der Waals surface area contributed by atoms with E-state index in [1.165, 1.54) is 40.9 Å². The molecule has 12 nitrogen and oxygen atoms in total. The van der Waals surface area contributed by atoms with Gasteiger partial charge in [-0.1, -0.05) is 12.1 Å². The van der Waals surface area contributed by atoms with Crippen molar-refractivity contribution in [3.8, 4) is 5.75 Å². The maximum atomic E-state index is 12.3. The number of thioether (sulfide) groups is 1. The summed E-state index contributed by atoms with van der Waals surface area (Å²) in [5.41, 5.74) is 6.41. The Labute approximate surface area is 168 Å². The second-order valence-electron chi connectivity index (χ2n) is 6.89. The number of phenols is 1. The molecule has 1 aromatic rings. The number of β-lactam (4-membered cyclic amide) rings is 1. The van der Waals surface area contributed by atoms with Crippen LogP contribution >= 0.6 is 11.8 Å². The lowest BCUT2D eigenvalue weighted by Crippen LogP contribution is -2.71. The molecular formula is C16H20N4O8S. The molecule has 6 N–H and O–H groups in total. The zero-order valence-electron chi connectivity index (χ0n) is 15.4. The fraction of sp³-hybridized carbons (Fsp3) is 0.438. The first-order valence-electron chi connectivity index (χ1n) is 8.27. The number of aromatic hydroxyl groups is 1. The molecule has 0 aromatic heterocycles. The first-order valence-corrected chi connectivity index (χ1v) is 9.15. The normalized spacial score (nSPS) is 25.0. The maximum Gasteiger partial charge on any atom is 0.327 e. The van der Waals surface area contributed by atoms with Gasteiger partial charge in [-0.3, -0.25) is 9.59 Å². The van der Waals surface area contributed by atoms with Crippen LogP contribution in [0.5, 0.6) is 5.75 Å². The molecule has 3 rings (SSSR count). The highest BCUT2D eigenvalue weighted by Gasteiger charge is 2.64. The molecule has 2 aliphatic rings. The van der Waals surface area contributed by atoms with Crippen LogP contribution in [0.3, 0.4) is 0 Å². The Bertz CT molecular complexity index is 827. The standard InChI is InChI=1S/C16H19N3O5S.HNO3/c1-16(2)11(15(23)24)19-13(22)10(14(19)25-16)18-12(21)9(17)7-3-5-8(20)6-4-7;2-1(3)4/h3-6,9-11,14,20H,17H2,1-2H3,(H,18,21)(H,23,24);(H,2,3,4)/t9-,10-,11+,14-;/m1./s1. The Morgan fingerprint density at radius 1 is 1.34 bits per heavy atom. The van der Waals surface area contributed by atoms with Crippen LogP contribution < -0.4 is 11.1 Å². The van der Waals surface area contributed by atoms with Crippen LogP contribution in [0.15, 0.2) is 24.3 Å². The Hall–Kier alpha value is -3.06. The number of phenolic OH excluding ortho intramolecular Hbond substituents is 1. The van der Waals surface area contributed by atoms with Gasteiger partial charge >= 0.3 is 5.97 Å². The third-order valence-electron chi connectivity index (χ3n) is 4.51. The topological polar surface area (TPSA) is 196 Å². The molecule has 4 atom stereocenters. The molecule has 2 saturated heterocycles. The lowest BCUT2D eigenvalue weighted by molar-refractivity contribution is -0.742. The molecular weight excluding hydrogens is 408 g/mol. The molecule has 2 heterocycles. The second-order valence-corrected chi connectivity index (χ2v) is 8.66. The van der Waals surface area contributed by atoms with E-state index in [1.54, 1.807) is 13.8 Å². The molecule has 0 radical (unpaired) electrons. The second kappa shape index (κ2) is 8.13. The van der Waals surface area contributed by atoms with Gasteiger partial charge in [-0.2, -0.15) is 0 Å². The van der Waals surface area contributed by atoms with Crippen molar-refractivity contribution in [1.82, 2.24) is 10.2 Å². The number of carbonyl (C=O) groups is 3. The quantitative estimate of drug-likeness (QED) is 0.241. The molecule has 2 aliphatic heterocycles. The first kappa shape index (κ1) is 22.2. The highest BCUT2D eigenvalue weighted by molar-refractivity contribution is 8.01. The van der Waals surface area contributed by atoms with Gasteiger partial charge < -0.3 is 31.4 Å². The lowest BCUT2D eigenvalue weighted by Gasteiger charge is -2.43. The molecule has 0 unspecified atom stereocenters. The van der Waals surface area contributed by atoms with Gasteiger partial charge in [-0.05, 0) is 31.5 Å². The van der Waals surface area contributed by atoms with E-state index in [1.807, 2.05) is 0 Å². The Kier molecular flexibility index (Phi) is 6.23. The number of rotatable bonds is 4. The number of nitrogens with one attached hydrogen (secondary N) is 1. The van der Waals surface area contributed by atoms with Gasteiger partial charge in [0, 0.05) is 4.75 Å². The summed E-state index contributed by atoms with van der Waals surface area (Å²) in [6.45, 7) is 3.53. The van der Waals surface area contributed by atoms with E-state index in [0.717, 1.165) is 0 Å². The summed E-state index contributed by atoms with van der Waals surface area (Å²) in [7, 11) is 0. The summed E-state index contributed by atoms with van der Waals surface area (Å²) in [6, 6.07) is 3.21. The van der Waals surface area contributed by atoms with E-state index in [0.29, 0.717) is 5.56 Å². The predicted molar refractivity (Wildman–Crippen MR) is 99.5 cm³/mol. The lowest BCUT2D eigenvalue weighted by atomic mass is 9.95. The van der Waals surface area contributed by atoms with Crippen LogP contribution in [0, 0.1) is 10.1 Å². The van der Waals surface area contributed by atoms with E-state index < -0.39 is 51.1 Å². The number of nitrogens with zero attached hydrogens (tertiary/aromatic N) is 2. The number of carbonyl (C=O) groups excluding carboxylic acids is 2. The largest absolute Gasteiger partial charge is 0.508 e. The number of hydrogen-bond donors (Lipinski definition) is 5. The monoisotopic (exact) mass is 428 g/mol. The van der Waals surface area contributed by atoms with Gasteiger partial charge in [0.15, 0.2) is 0 Å². The van der Waals surface area contributed by atoms with Crippen molar-refractivity contribution >= 4 is 29.5 Å². The van der Waals surface area contributed by atoms with Crippen LogP contribution in [-0.4, -0.2) is 65.4 Å². The third kappa shape index (κ3) is 4.51. The molecule has 158 valence electrons. The fourth-order valence-electron chi connectivity index (χ4n) is 3.22. The zero-order chi connectivity index (χ0) is 22.1. The van der Waals surface area contributed by atoms with Crippen molar-refractivity contribution in [2.24, 2.45) is 5.73 Å². The van der Waals surface area contributed by atoms with E-state index in [-0.39, 0.29) is 5.75 Å². The predicted octanol–water partition coefficient (Wildman–Crippen LogP) is -0.324. The Balaban J connectivity index is 0.000000687. The van der Waals surface area contributed by atoms with Gasteiger partial charge in [-0.15, -0.1) is 21.9 Å². The summed E-state index contributed by atoms with van der Waals surface area (Å²) in [6.07, 6.45) is 0. The average Bonchev–Trinajstić information content (AvgIpc) is 2.87. The summed E-state index contributed by atoms with van der Waals surface area (Å²) >= 11 is 1.35. The Morgan fingerprint density at radius 3 is 2.34 bits per heavy atom. The molecule has 29 heavy (non-hydrogen) atoms. The number of aliphatic carboxylic acids is 1. The van der Waals surface area contributed by atoms with Gasteiger partial charge in [0.25, 0.3) is 5.09 Å². The average molecular weight is 428 g/mol. The molecule has 0 aliphatic carbocycles. The highest BCUT2D eigenvalue weighted by atomic mass is 32.2. The van der Waals surface area contributed by atoms with Gasteiger partial charge in [-0.25, -0.2) is 4.79 Å². The summed E-state index contributed by atoms with van der Waals surface area (Å²) in [5.74, 6) is -1.94. The van der Waals surface area contributed by atoms with Crippen LogP contribution in [0.1, 0.15) is 25.5 Å². The van der Waals surface area contributed by atoms with Crippen LogP contribution in [0.4, 0.5) is 0 Å². The number of hydrogen-bond acceptors (Lipinski definition) is 8. The first-order chi connectivity index (χ1) is 13.4. The zero-order valence-corrected chi connectivity index (χ0v) is 16.2. The molecule has 0 saturated carbocycles. The van der Waals surface area contributed by atoms with E-state index >= 15 is 0 Å². The van der Waals surface area contributed by atoms with Crippen molar-refractivity contribution < 1.29 is 34.9 Å². The number of carboxylic acid groups (broad SMARTS) is 1. The number of carboxylic acids is 1. The van der Waals surface area contributed by atoms with Crippen molar-refractivity contribution in [3.63, 3.8) is 0 Å². The molecule has 2 fully saturated rings. The van der Waals surface area contributed by atoms with Gasteiger partial charge in [0.2, 0.25) is 11.8 Å². The van der Waals surface area contributed by atoms with Crippen molar-refractivity contribution in [2.75, 3.05) is 0 Å². The number of fused-ring (bicyclic) bond motifs is 1. The fourth-order valence-corrected chi connectivity index (χ4v) is 4.85. The van der Waals surface area contributed by atoms with Crippen LogP contribution in [0.2, 0.25) is 0 Å². The highest BCUT2D eigenvalue weighted by Crippen LogP contribution is 2.50. The van der Waals surface area contributed by atoms with E-state index in [9.17, 15) is 24.6 Å². The van der Waals surface area contributed by atoms with Crippen molar-refractivity contribution in [2.45, 2.75) is 42.1 Å². The number of benzene rings is 1. The number of amides is 2.